The van der Waals surface area contributed by atoms with E-state index in [1.54, 1.807) is 18.2 Å². The van der Waals surface area contributed by atoms with Crippen molar-refractivity contribution in [3.8, 4) is 11.1 Å². The Morgan fingerprint density at radius 1 is 0.933 bits per heavy atom. The number of rotatable bonds is 7. The summed E-state index contributed by atoms with van der Waals surface area (Å²) in [4.78, 5) is 14.6. The molecule has 3 aromatic carbocycles. The number of benzene rings is 3. The first-order chi connectivity index (χ1) is 14.4. The van der Waals surface area contributed by atoms with Crippen molar-refractivity contribution in [2.24, 2.45) is 0 Å². The van der Waals surface area contributed by atoms with Gasteiger partial charge in [-0.1, -0.05) is 77.8 Å². The Morgan fingerprint density at radius 2 is 1.53 bits per heavy atom. The van der Waals surface area contributed by atoms with Crippen molar-refractivity contribution in [2.75, 3.05) is 26.0 Å². The Bertz CT molecular complexity index is 956. The molecule has 30 heavy (non-hydrogen) atoms. The average molecular weight is 443 g/mol. The van der Waals surface area contributed by atoms with Gasteiger partial charge in [0.05, 0.1) is 0 Å². The van der Waals surface area contributed by atoms with Crippen LogP contribution in [-0.4, -0.2) is 31.6 Å². The van der Waals surface area contributed by atoms with Gasteiger partial charge in [-0.3, -0.25) is 5.32 Å². The zero-order valence-electron chi connectivity index (χ0n) is 16.9. The molecule has 0 saturated carbocycles. The molecule has 1 unspecified atom stereocenters. The molecule has 1 N–H and O–H groups in total. The topological polar surface area (TPSA) is 41.6 Å². The molecule has 0 aliphatic carbocycles. The molecule has 0 heterocycles. The minimum Gasteiger partial charge on any atom is -0.441 e. The fourth-order valence-corrected chi connectivity index (χ4v) is 3.62. The normalized spacial score (nSPS) is 11.9. The fourth-order valence-electron chi connectivity index (χ4n) is 3.09. The highest BCUT2D eigenvalue weighted by Crippen LogP contribution is 2.27. The largest absolute Gasteiger partial charge is 0.441 e. The van der Waals surface area contributed by atoms with Crippen molar-refractivity contribution in [1.29, 1.82) is 0 Å². The lowest BCUT2D eigenvalue weighted by atomic mass is 10.0. The number of nitrogens with zero attached hydrogens (tertiary/aromatic N) is 1. The van der Waals surface area contributed by atoms with Crippen LogP contribution in [-0.2, 0) is 4.74 Å². The third-order valence-corrected chi connectivity index (χ3v) is 5.02. The van der Waals surface area contributed by atoms with Crippen LogP contribution in [0.1, 0.15) is 18.1 Å². The molecule has 1 atom stereocenters. The molecule has 0 aromatic heterocycles. The lowest BCUT2D eigenvalue weighted by Crippen LogP contribution is -2.22. The molecule has 156 valence electrons. The number of hydrogen-bond donors (Lipinski definition) is 1. The molecule has 1 amide bonds. The number of amides is 1. The van der Waals surface area contributed by atoms with Crippen molar-refractivity contribution in [3.63, 3.8) is 0 Å². The molecule has 3 rings (SSSR count). The third-order valence-electron chi connectivity index (χ3n) is 4.59. The molecule has 0 aliphatic rings. The van der Waals surface area contributed by atoms with Gasteiger partial charge in [0.25, 0.3) is 0 Å². The lowest BCUT2D eigenvalue weighted by Gasteiger charge is -2.21. The number of anilines is 1. The van der Waals surface area contributed by atoms with Crippen LogP contribution in [0.15, 0.2) is 72.8 Å². The summed E-state index contributed by atoms with van der Waals surface area (Å²) in [5.74, 6) is 0. The highest BCUT2D eigenvalue weighted by Gasteiger charge is 2.18. The summed E-state index contributed by atoms with van der Waals surface area (Å²) in [6, 6.07) is 23.1. The Labute approximate surface area is 187 Å². The highest BCUT2D eigenvalue weighted by molar-refractivity contribution is 6.35. The van der Waals surface area contributed by atoms with Gasteiger partial charge in [0.15, 0.2) is 0 Å². The zero-order chi connectivity index (χ0) is 21.5. The maximum absolute atomic E-state index is 12.5. The maximum Gasteiger partial charge on any atom is 0.412 e. The Hall–Kier alpha value is -2.53. The molecular weight excluding hydrogens is 419 g/mol. The fraction of sp³-hybridized carbons (Fsp3) is 0.208. The van der Waals surface area contributed by atoms with E-state index in [9.17, 15) is 4.79 Å². The van der Waals surface area contributed by atoms with Crippen molar-refractivity contribution in [1.82, 2.24) is 4.90 Å². The van der Waals surface area contributed by atoms with E-state index >= 15 is 0 Å². The second-order valence-electron chi connectivity index (χ2n) is 7.26. The predicted octanol–water partition coefficient (Wildman–Crippen LogP) is 6.90. The maximum atomic E-state index is 12.5. The van der Waals surface area contributed by atoms with Gasteiger partial charge in [-0.05, 0) is 49.0 Å². The van der Waals surface area contributed by atoms with Crippen molar-refractivity contribution >= 4 is 35.0 Å². The van der Waals surface area contributed by atoms with Crippen molar-refractivity contribution in [3.05, 3.63) is 88.4 Å². The standard InChI is InChI=1S/C24H24Cl2N2O2/c1-28(2)13-12-23(30-24(29)27-22-15-20(25)14-21(26)16-22)19-10-8-18(9-11-19)17-6-4-3-5-7-17/h3-11,14-16,23H,12-13H2,1-2H3,(H,27,29). The Balaban J connectivity index is 1.74. The molecule has 0 spiro atoms. The van der Waals surface area contributed by atoms with Crippen LogP contribution in [0.4, 0.5) is 10.5 Å². The molecule has 0 aliphatic heterocycles. The van der Waals surface area contributed by atoms with Crippen LogP contribution >= 0.6 is 23.2 Å². The van der Waals surface area contributed by atoms with E-state index in [2.05, 4.69) is 22.3 Å². The summed E-state index contributed by atoms with van der Waals surface area (Å²) in [5.41, 5.74) is 3.69. The first-order valence-electron chi connectivity index (χ1n) is 9.64. The van der Waals surface area contributed by atoms with Crippen LogP contribution < -0.4 is 5.32 Å². The van der Waals surface area contributed by atoms with E-state index in [0.29, 0.717) is 22.2 Å². The number of nitrogens with one attached hydrogen (secondary N) is 1. The first kappa shape index (κ1) is 22.2. The van der Waals surface area contributed by atoms with Gasteiger partial charge < -0.3 is 9.64 Å². The van der Waals surface area contributed by atoms with Gasteiger partial charge in [-0.15, -0.1) is 0 Å². The summed E-state index contributed by atoms with van der Waals surface area (Å²) in [6.07, 6.45) is -0.266. The van der Waals surface area contributed by atoms with Gasteiger partial charge in [0, 0.05) is 28.7 Å². The summed E-state index contributed by atoms with van der Waals surface area (Å²) in [6.45, 7) is 0.779. The Kier molecular flexibility index (Phi) is 7.75. The number of ether oxygens (including phenoxy) is 1. The number of halogens is 2. The molecule has 0 radical (unpaired) electrons. The van der Waals surface area contributed by atoms with Crippen molar-refractivity contribution in [2.45, 2.75) is 12.5 Å². The van der Waals surface area contributed by atoms with E-state index < -0.39 is 6.09 Å². The second kappa shape index (κ2) is 10.5. The van der Waals surface area contributed by atoms with Crippen molar-refractivity contribution < 1.29 is 9.53 Å². The minimum atomic E-state index is -0.552. The number of hydrogen-bond acceptors (Lipinski definition) is 3. The van der Waals surface area contributed by atoms with Crippen LogP contribution in [0.2, 0.25) is 10.0 Å². The lowest BCUT2D eigenvalue weighted by molar-refractivity contribution is 0.100. The summed E-state index contributed by atoms with van der Waals surface area (Å²) < 4.78 is 5.75. The minimum absolute atomic E-state index is 0.383. The van der Waals surface area contributed by atoms with Gasteiger partial charge in [0.2, 0.25) is 0 Å². The Morgan fingerprint density at radius 3 is 2.13 bits per heavy atom. The molecule has 4 nitrogen and oxygen atoms in total. The zero-order valence-corrected chi connectivity index (χ0v) is 18.5. The number of carbonyl (C=O) groups is 1. The molecule has 3 aromatic rings. The van der Waals surface area contributed by atoms with Gasteiger partial charge in [-0.25, -0.2) is 4.79 Å². The second-order valence-corrected chi connectivity index (χ2v) is 8.13. The predicted molar refractivity (Wildman–Crippen MR) is 124 cm³/mol. The highest BCUT2D eigenvalue weighted by atomic mass is 35.5. The SMILES string of the molecule is CN(C)CCC(OC(=O)Nc1cc(Cl)cc(Cl)c1)c1ccc(-c2ccccc2)cc1. The molecule has 0 fully saturated rings. The van der Waals surface area contributed by atoms with E-state index in [4.69, 9.17) is 27.9 Å². The van der Waals surface area contributed by atoms with Crippen LogP contribution in [0.25, 0.3) is 11.1 Å². The molecule has 0 bridgehead atoms. The summed E-state index contributed by atoms with van der Waals surface area (Å²) in [7, 11) is 3.98. The first-order valence-corrected chi connectivity index (χ1v) is 10.4. The van der Waals surface area contributed by atoms with E-state index in [0.717, 1.165) is 23.2 Å². The smallest absolute Gasteiger partial charge is 0.412 e. The third kappa shape index (κ3) is 6.49. The number of carbonyl (C=O) groups excluding carboxylic acids is 1. The molecule has 6 heteroatoms. The quantitative estimate of drug-likeness (QED) is 0.432. The van der Waals surface area contributed by atoms with E-state index in [-0.39, 0.29) is 6.10 Å². The average Bonchev–Trinajstić information content (AvgIpc) is 2.71. The van der Waals surface area contributed by atoms with E-state index in [1.165, 1.54) is 0 Å². The van der Waals surface area contributed by atoms with Gasteiger partial charge in [-0.2, -0.15) is 0 Å². The van der Waals surface area contributed by atoms with E-state index in [1.807, 2.05) is 56.6 Å². The van der Waals surface area contributed by atoms with Gasteiger partial charge >= 0.3 is 6.09 Å². The monoisotopic (exact) mass is 442 g/mol. The summed E-state index contributed by atoms with van der Waals surface area (Å²) >= 11 is 12.0. The van der Waals surface area contributed by atoms with Crippen LogP contribution in [0.5, 0.6) is 0 Å². The molecular formula is C24H24Cl2N2O2. The van der Waals surface area contributed by atoms with Crippen LogP contribution in [0, 0.1) is 0 Å². The summed E-state index contributed by atoms with van der Waals surface area (Å²) in [5, 5.41) is 3.59. The molecule has 0 saturated heterocycles. The van der Waals surface area contributed by atoms with Crippen LogP contribution in [0.3, 0.4) is 0 Å². The van der Waals surface area contributed by atoms with Gasteiger partial charge in [0.1, 0.15) is 6.10 Å².